The fourth-order valence-corrected chi connectivity index (χ4v) is 2.69. The minimum atomic E-state index is 0.798. The topological polar surface area (TPSA) is 28.0 Å². The van der Waals surface area contributed by atoms with Gasteiger partial charge < -0.3 is 0 Å². The Morgan fingerprint density at radius 1 is 1.27 bits per heavy atom. The van der Waals surface area contributed by atoms with Gasteiger partial charge in [-0.15, -0.1) is 0 Å². The molecule has 22 heavy (non-hydrogen) atoms. The summed E-state index contributed by atoms with van der Waals surface area (Å²) in [6.45, 7) is 9.03. The van der Waals surface area contributed by atoms with Gasteiger partial charge in [-0.05, 0) is 49.5 Å². The van der Waals surface area contributed by atoms with Crippen LogP contribution in [0.2, 0.25) is 0 Å². The van der Waals surface area contributed by atoms with E-state index in [1.54, 1.807) is 0 Å². The first-order valence-electron chi connectivity index (χ1n) is 8.19. The van der Waals surface area contributed by atoms with Crippen LogP contribution < -0.4 is 0 Å². The van der Waals surface area contributed by atoms with Crippen molar-refractivity contribution in [3.63, 3.8) is 0 Å². The molecule has 0 spiro atoms. The summed E-state index contributed by atoms with van der Waals surface area (Å²) in [5, 5.41) is 0. The van der Waals surface area contributed by atoms with E-state index in [-0.39, 0.29) is 0 Å². The van der Waals surface area contributed by atoms with Crippen LogP contribution in [0.5, 0.6) is 0 Å². The summed E-state index contributed by atoms with van der Waals surface area (Å²) < 4.78 is 0. The van der Waals surface area contributed by atoms with E-state index < -0.39 is 0 Å². The normalized spacial score (nSPS) is 18.0. The molecule has 1 aromatic carbocycles. The molecular formula is C19H27N3. The molecule has 0 unspecified atom stereocenters. The van der Waals surface area contributed by atoms with Gasteiger partial charge in [-0.2, -0.15) is 0 Å². The van der Waals surface area contributed by atoms with Crippen LogP contribution in [0.4, 0.5) is 0 Å². The highest BCUT2D eigenvalue weighted by Crippen LogP contribution is 2.15. The zero-order valence-corrected chi connectivity index (χ0v) is 13.6. The number of benzene rings is 1. The standard InChI is InChI=1S/C19H27N3/c1-17-10-12-22(13-11-17)16-21-15-19(14-20-2)9-8-18-6-4-3-5-7-18/h3-7,14-15,17H,2,8-13,16H2,1H3/b19-14-,21-15-. The molecule has 0 aliphatic carbocycles. The van der Waals surface area contributed by atoms with Crippen LogP contribution in [0.1, 0.15) is 31.7 Å². The fourth-order valence-electron chi connectivity index (χ4n) is 2.69. The van der Waals surface area contributed by atoms with Crippen molar-refractivity contribution >= 4 is 12.9 Å². The van der Waals surface area contributed by atoms with E-state index in [1.807, 2.05) is 18.5 Å². The molecular weight excluding hydrogens is 270 g/mol. The smallest absolute Gasteiger partial charge is 0.0909 e. The third kappa shape index (κ3) is 5.94. The average molecular weight is 297 g/mol. The predicted octanol–water partition coefficient (Wildman–Crippen LogP) is 3.96. The van der Waals surface area contributed by atoms with E-state index in [0.29, 0.717) is 0 Å². The third-order valence-corrected chi connectivity index (χ3v) is 4.22. The molecule has 1 aliphatic heterocycles. The molecule has 0 bridgehead atoms. The SMILES string of the molecule is C=N/C=C(\C=N/CN1CCC(C)CC1)CCc1ccccc1. The van der Waals surface area contributed by atoms with Gasteiger partial charge >= 0.3 is 0 Å². The molecule has 3 heteroatoms. The Bertz CT molecular complexity index is 497. The van der Waals surface area contributed by atoms with Crippen LogP contribution in [0.3, 0.4) is 0 Å². The third-order valence-electron chi connectivity index (χ3n) is 4.22. The molecule has 1 aliphatic rings. The minimum absolute atomic E-state index is 0.798. The lowest BCUT2D eigenvalue weighted by Crippen LogP contribution is -2.32. The lowest BCUT2D eigenvalue weighted by atomic mass is 10.00. The number of piperidine rings is 1. The molecule has 3 nitrogen and oxygen atoms in total. The Morgan fingerprint density at radius 2 is 2.00 bits per heavy atom. The van der Waals surface area contributed by atoms with Gasteiger partial charge in [0.25, 0.3) is 0 Å². The fraction of sp³-hybridized carbons (Fsp3) is 0.474. The highest BCUT2D eigenvalue weighted by atomic mass is 15.2. The molecule has 0 N–H and O–H groups in total. The summed E-state index contributed by atoms with van der Waals surface area (Å²) in [6.07, 6.45) is 8.33. The van der Waals surface area contributed by atoms with Gasteiger partial charge in [-0.1, -0.05) is 37.3 Å². The lowest BCUT2D eigenvalue weighted by molar-refractivity contribution is 0.198. The van der Waals surface area contributed by atoms with E-state index in [4.69, 9.17) is 0 Å². The van der Waals surface area contributed by atoms with E-state index >= 15 is 0 Å². The van der Waals surface area contributed by atoms with Crippen molar-refractivity contribution in [1.82, 2.24) is 4.90 Å². The lowest BCUT2D eigenvalue weighted by Gasteiger charge is -2.28. The van der Waals surface area contributed by atoms with Gasteiger partial charge in [0, 0.05) is 25.5 Å². The largest absolute Gasteiger partial charge is 0.284 e. The summed E-state index contributed by atoms with van der Waals surface area (Å²) in [4.78, 5) is 10.9. The molecule has 1 aromatic rings. The number of likely N-dealkylation sites (tertiary alicyclic amines) is 1. The number of rotatable bonds is 7. The van der Waals surface area contributed by atoms with Crippen molar-refractivity contribution < 1.29 is 0 Å². The van der Waals surface area contributed by atoms with Crippen LogP contribution in [-0.2, 0) is 6.42 Å². The summed E-state index contributed by atoms with van der Waals surface area (Å²) in [5.41, 5.74) is 2.49. The Labute approximate surface area is 134 Å². The van der Waals surface area contributed by atoms with Gasteiger partial charge in [0.05, 0.1) is 6.67 Å². The van der Waals surface area contributed by atoms with Crippen molar-refractivity contribution in [3.05, 3.63) is 47.7 Å². The van der Waals surface area contributed by atoms with E-state index in [2.05, 4.69) is 52.8 Å². The van der Waals surface area contributed by atoms with Gasteiger partial charge in [-0.25, -0.2) is 0 Å². The monoisotopic (exact) mass is 297 g/mol. The number of nitrogens with zero attached hydrogens (tertiary/aromatic N) is 3. The zero-order valence-electron chi connectivity index (χ0n) is 13.6. The number of allylic oxidation sites excluding steroid dienone is 1. The first-order valence-corrected chi connectivity index (χ1v) is 8.19. The molecule has 1 fully saturated rings. The second-order valence-electron chi connectivity index (χ2n) is 6.13. The Kier molecular flexibility index (Phi) is 7.04. The molecule has 0 saturated carbocycles. The highest BCUT2D eigenvalue weighted by Gasteiger charge is 2.14. The van der Waals surface area contributed by atoms with Crippen LogP contribution in [-0.4, -0.2) is 37.6 Å². The first kappa shape index (κ1) is 16.6. The maximum absolute atomic E-state index is 4.60. The Morgan fingerprint density at radius 3 is 2.68 bits per heavy atom. The van der Waals surface area contributed by atoms with Gasteiger partial charge in [0.15, 0.2) is 0 Å². The predicted molar refractivity (Wildman–Crippen MR) is 95.7 cm³/mol. The van der Waals surface area contributed by atoms with Gasteiger partial charge in [0.2, 0.25) is 0 Å². The van der Waals surface area contributed by atoms with Gasteiger partial charge in [-0.3, -0.25) is 14.9 Å². The van der Waals surface area contributed by atoms with Crippen LogP contribution in [0.25, 0.3) is 0 Å². The van der Waals surface area contributed by atoms with Gasteiger partial charge in [0.1, 0.15) is 0 Å². The Balaban J connectivity index is 1.79. The highest BCUT2D eigenvalue weighted by molar-refractivity contribution is 5.78. The summed E-state index contributed by atoms with van der Waals surface area (Å²) in [6, 6.07) is 10.5. The molecule has 118 valence electrons. The van der Waals surface area contributed by atoms with Crippen molar-refractivity contribution in [2.24, 2.45) is 15.9 Å². The number of aryl methyl sites for hydroxylation is 1. The van der Waals surface area contributed by atoms with Crippen LogP contribution >= 0.6 is 0 Å². The maximum Gasteiger partial charge on any atom is 0.0909 e. The van der Waals surface area contributed by atoms with Crippen molar-refractivity contribution in [2.45, 2.75) is 32.6 Å². The van der Waals surface area contributed by atoms with Crippen molar-refractivity contribution in [3.8, 4) is 0 Å². The first-order chi connectivity index (χ1) is 10.8. The number of hydrogen-bond acceptors (Lipinski definition) is 3. The zero-order chi connectivity index (χ0) is 15.6. The van der Waals surface area contributed by atoms with Crippen LogP contribution in [0, 0.1) is 5.92 Å². The molecule has 0 aromatic heterocycles. The quantitative estimate of drug-likeness (QED) is 0.700. The molecule has 1 saturated heterocycles. The average Bonchev–Trinajstić information content (AvgIpc) is 2.55. The van der Waals surface area contributed by atoms with Crippen molar-refractivity contribution in [2.75, 3.05) is 19.8 Å². The minimum Gasteiger partial charge on any atom is -0.284 e. The summed E-state index contributed by atoms with van der Waals surface area (Å²) in [5.74, 6) is 0.867. The van der Waals surface area contributed by atoms with E-state index in [9.17, 15) is 0 Å². The molecule has 1 heterocycles. The molecule has 0 atom stereocenters. The van der Waals surface area contributed by atoms with Crippen molar-refractivity contribution in [1.29, 1.82) is 0 Å². The summed E-state index contributed by atoms with van der Waals surface area (Å²) >= 11 is 0. The second kappa shape index (κ2) is 9.31. The van der Waals surface area contributed by atoms with E-state index in [1.165, 1.54) is 31.5 Å². The summed E-state index contributed by atoms with van der Waals surface area (Å²) in [7, 11) is 0. The molecule has 0 radical (unpaired) electrons. The maximum atomic E-state index is 4.60. The molecule has 2 rings (SSSR count). The number of hydrogen-bond donors (Lipinski definition) is 0. The van der Waals surface area contributed by atoms with E-state index in [0.717, 1.165) is 31.0 Å². The Hall–Kier alpha value is -1.74. The number of aliphatic imine (C=N–C) groups is 2. The second-order valence-corrected chi connectivity index (χ2v) is 6.13. The molecule has 0 amide bonds. The van der Waals surface area contributed by atoms with Crippen LogP contribution in [0.15, 0.2) is 52.1 Å².